The topological polar surface area (TPSA) is 67.6 Å². The zero-order chi connectivity index (χ0) is 16.1. The minimum Gasteiger partial charge on any atom is -0.496 e. The van der Waals surface area contributed by atoms with Gasteiger partial charge in [-0.1, -0.05) is 22.9 Å². The third-order valence-electron chi connectivity index (χ3n) is 3.18. The number of anilines is 1. The molecule has 2 rings (SSSR count). The van der Waals surface area contributed by atoms with Crippen molar-refractivity contribution in [3.8, 4) is 5.75 Å². The average Bonchev–Trinajstić information content (AvgIpc) is 2.83. The predicted octanol–water partition coefficient (Wildman–Crippen LogP) is 2.37. The molecule has 6 heteroatoms. The van der Waals surface area contributed by atoms with Crippen LogP contribution in [-0.4, -0.2) is 36.7 Å². The molecule has 0 saturated heterocycles. The number of carbonyl (C=O) groups is 1. The summed E-state index contributed by atoms with van der Waals surface area (Å²) in [5.74, 6) is 1.04. The van der Waals surface area contributed by atoms with E-state index in [-0.39, 0.29) is 12.5 Å². The first-order valence-electron chi connectivity index (χ1n) is 7.03. The molecule has 1 N–H and O–H groups in total. The highest BCUT2D eigenvalue weighted by Crippen LogP contribution is 2.21. The lowest BCUT2D eigenvalue weighted by atomic mass is 10.1. The summed E-state index contributed by atoms with van der Waals surface area (Å²) in [6.07, 6.45) is 0. The number of hydrogen-bond donors (Lipinski definition) is 1. The molecule has 0 saturated carbocycles. The van der Waals surface area contributed by atoms with Gasteiger partial charge in [0.25, 0.3) is 0 Å². The minimum absolute atomic E-state index is 0.148. The molecule has 0 aliphatic carbocycles. The minimum atomic E-state index is -0.148. The van der Waals surface area contributed by atoms with Crippen molar-refractivity contribution in [3.63, 3.8) is 0 Å². The lowest BCUT2D eigenvalue weighted by molar-refractivity contribution is -0.117. The number of likely N-dealkylation sites (N-methyl/N-ethyl adjacent to an activating group) is 1. The number of nitrogens with zero attached hydrogens (tertiary/aromatic N) is 2. The fourth-order valence-corrected chi connectivity index (χ4v) is 2.22. The normalized spacial score (nSPS) is 10.8. The summed E-state index contributed by atoms with van der Waals surface area (Å²) in [5.41, 5.74) is 2.94. The first-order valence-corrected chi connectivity index (χ1v) is 7.03. The van der Waals surface area contributed by atoms with Gasteiger partial charge >= 0.3 is 0 Å². The first-order chi connectivity index (χ1) is 10.5. The van der Waals surface area contributed by atoms with Crippen LogP contribution in [0.25, 0.3) is 0 Å². The second-order valence-electron chi connectivity index (χ2n) is 5.37. The molecule has 22 heavy (non-hydrogen) atoms. The number of methoxy groups -OCH3 is 1. The quantitative estimate of drug-likeness (QED) is 0.887. The van der Waals surface area contributed by atoms with Crippen molar-refractivity contribution in [3.05, 3.63) is 41.1 Å². The number of nitrogens with one attached hydrogen (secondary N) is 1. The highest BCUT2D eigenvalue weighted by Gasteiger charge is 2.12. The van der Waals surface area contributed by atoms with Crippen LogP contribution < -0.4 is 10.1 Å². The van der Waals surface area contributed by atoms with Gasteiger partial charge in [-0.25, -0.2) is 0 Å². The molecule has 0 aliphatic heterocycles. The van der Waals surface area contributed by atoms with E-state index in [0.29, 0.717) is 12.4 Å². The number of hydrogen-bond acceptors (Lipinski definition) is 5. The average molecular weight is 303 g/mol. The van der Waals surface area contributed by atoms with Crippen LogP contribution in [0.2, 0.25) is 0 Å². The van der Waals surface area contributed by atoms with Gasteiger partial charge in [-0.05, 0) is 27.0 Å². The Kier molecular flexibility index (Phi) is 5.16. The summed E-state index contributed by atoms with van der Waals surface area (Å²) in [5, 5.41) is 6.41. The van der Waals surface area contributed by atoms with Crippen LogP contribution in [0.4, 0.5) is 5.88 Å². The molecule has 6 nitrogen and oxygen atoms in total. The molecular weight excluding hydrogens is 282 g/mol. The van der Waals surface area contributed by atoms with Gasteiger partial charge in [0.2, 0.25) is 11.8 Å². The standard InChI is InChI=1S/C16H21N3O3/c1-11-5-6-14(21-4)13(7-11)9-19(3)10-15(20)17-16-8-12(2)18-22-16/h5-8H,9-10H2,1-4H3,(H,17,20). The van der Waals surface area contributed by atoms with E-state index < -0.39 is 0 Å². The van der Waals surface area contributed by atoms with Gasteiger partial charge in [-0.3, -0.25) is 15.0 Å². The van der Waals surface area contributed by atoms with E-state index in [4.69, 9.17) is 9.26 Å². The smallest absolute Gasteiger partial charge is 0.240 e. The summed E-state index contributed by atoms with van der Waals surface area (Å²) in [4.78, 5) is 13.9. The fraction of sp³-hybridized carbons (Fsp3) is 0.375. The van der Waals surface area contributed by atoms with Gasteiger partial charge in [0.15, 0.2) is 0 Å². The summed E-state index contributed by atoms with van der Waals surface area (Å²) < 4.78 is 10.3. The largest absolute Gasteiger partial charge is 0.496 e. The molecule has 0 unspecified atom stereocenters. The number of aromatic nitrogens is 1. The lowest BCUT2D eigenvalue weighted by Gasteiger charge is -2.18. The van der Waals surface area contributed by atoms with Crippen LogP contribution in [0, 0.1) is 13.8 Å². The molecule has 1 aromatic carbocycles. The van der Waals surface area contributed by atoms with E-state index in [1.54, 1.807) is 20.1 Å². The number of amides is 1. The molecule has 0 aliphatic rings. The molecule has 1 amide bonds. The van der Waals surface area contributed by atoms with Crippen molar-refractivity contribution in [2.24, 2.45) is 0 Å². The Morgan fingerprint density at radius 3 is 2.77 bits per heavy atom. The first kappa shape index (κ1) is 16.0. The SMILES string of the molecule is COc1ccc(C)cc1CN(C)CC(=O)Nc1cc(C)no1. The van der Waals surface area contributed by atoms with E-state index in [2.05, 4.69) is 16.5 Å². The zero-order valence-electron chi connectivity index (χ0n) is 13.3. The van der Waals surface area contributed by atoms with Gasteiger partial charge in [0, 0.05) is 18.2 Å². The molecule has 0 radical (unpaired) electrons. The maximum atomic E-state index is 12.0. The van der Waals surface area contributed by atoms with Crippen molar-refractivity contribution in [1.29, 1.82) is 0 Å². The van der Waals surface area contributed by atoms with Crippen molar-refractivity contribution in [2.45, 2.75) is 20.4 Å². The maximum absolute atomic E-state index is 12.0. The Bertz CT molecular complexity index is 652. The van der Waals surface area contributed by atoms with Crippen LogP contribution >= 0.6 is 0 Å². The van der Waals surface area contributed by atoms with Gasteiger partial charge < -0.3 is 9.26 Å². The number of ether oxygens (including phenoxy) is 1. The summed E-state index contributed by atoms with van der Waals surface area (Å²) >= 11 is 0. The van der Waals surface area contributed by atoms with Gasteiger partial charge in [-0.15, -0.1) is 0 Å². The van der Waals surface area contributed by atoms with Crippen molar-refractivity contribution in [2.75, 3.05) is 26.0 Å². The molecule has 0 atom stereocenters. The summed E-state index contributed by atoms with van der Waals surface area (Å²) in [6.45, 7) is 4.70. The van der Waals surface area contributed by atoms with E-state index in [0.717, 1.165) is 22.6 Å². The van der Waals surface area contributed by atoms with Crippen molar-refractivity contribution >= 4 is 11.8 Å². The summed E-state index contributed by atoms with van der Waals surface area (Å²) in [6, 6.07) is 7.69. The Morgan fingerprint density at radius 2 is 2.14 bits per heavy atom. The third-order valence-corrected chi connectivity index (χ3v) is 3.18. The number of aryl methyl sites for hydroxylation is 2. The highest BCUT2D eigenvalue weighted by molar-refractivity contribution is 5.90. The Balaban J connectivity index is 1.93. The fourth-order valence-electron chi connectivity index (χ4n) is 2.22. The zero-order valence-corrected chi connectivity index (χ0v) is 13.3. The van der Waals surface area contributed by atoms with Crippen LogP contribution in [0.15, 0.2) is 28.8 Å². The van der Waals surface area contributed by atoms with E-state index >= 15 is 0 Å². The van der Waals surface area contributed by atoms with Crippen LogP contribution in [0.1, 0.15) is 16.8 Å². The molecular formula is C16H21N3O3. The predicted molar refractivity (Wildman–Crippen MR) is 83.9 cm³/mol. The molecule has 1 heterocycles. The molecule has 0 spiro atoms. The van der Waals surface area contributed by atoms with Gasteiger partial charge in [0.05, 0.1) is 19.3 Å². The highest BCUT2D eigenvalue weighted by atomic mass is 16.5. The summed E-state index contributed by atoms with van der Waals surface area (Å²) in [7, 11) is 3.53. The molecule has 0 bridgehead atoms. The maximum Gasteiger partial charge on any atom is 0.240 e. The molecule has 0 fully saturated rings. The van der Waals surface area contributed by atoms with E-state index in [1.807, 2.05) is 31.0 Å². The van der Waals surface area contributed by atoms with Crippen molar-refractivity contribution in [1.82, 2.24) is 10.1 Å². The van der Waals surface area contributed by atoms with E-state index in [9.17, 15) is 4.79 Å². The molecule has 2 aromatic rings. The van der Waals surface area contributed by atoms with Crippen molar-refractivity contribution < 1.29 is 14.1 Å². The monoisotopic (exact) mass is 303 g/mol. The second kappa shape index (κ2) is 7.09. The number of benzene rings is 1. The van der Waals surface area contributed by atoms with Crippen LogP contribution in [-0.2, 0) is 11.3 Å². The van der Waals surface area contributed by atoms with Gasteiger partial charge in [-0.2, -0.15) is 0 Å². The van der Waals surface area contributed by atoms with E-state index in [1.165, 1.54) is 0 Å². The van der Waals surface area contributed by atoms with Crippen LogP contribution in [0.5, 0.6) is 5.75 Å². The molecule has 1 aromatic heterocycles. The Labute approximate surface area is 130 Å². The second-order valence-corrected chi connectivity index (χ2v) is 5.37. The molecule has 118 valence electrons. The Hall–Kier alpha value is -2.34. The Morgan fingerprint density at radius 1 is 1.36 bits per heavy atom. The van der Waals surface area contributed by atoms with Gasteiger partial charge in [0.1, 0.15) is 5.75 Å². The number of carbonyl (C=O) groups excluding carboxylic acids is 1. The van der Waals surface area contributed by atoms with Crippen LogP contribution in [0.3, 0.4) is 0 Å². The lowest BCUT2D eigenvalue weighted by Crippen LogP contribution is -2.29. The third kappa shape index (κ3) is 4.33. The number of rotatable bonds is 6.